The van der Waals surface area contributed by atoms with Gasteiger partial charge in [-0.15, -0.1) is 4.13 Å². The number of hydrogen-bond acceptors (Lipinski definition) is 10. The average molecular weight is 624 g/mol. The van der Waals surface area contributed by atoms with Crippen molar-refractivity contribution in [2.24, 2.45) is 0 Å². The first kappa shape index (κ1) is 31.3. The molecule has 2 amide bonds. The number of rotatable bonds is 12. The molecule has 0 spiro atoms. The lowest BCUT2D eigenvalue weighted by Gasteiger charge is -2.10. The predicted octanol–water partition coefficient (Wildman–Crippen LogP) is 1.50. The summed E-state index contributed by atoms with van der Waals surface area (Å²) in [6.07, 6.45) is 6.56. The van der Waals surface area contributed by atoms with E-state index in [0.717, 1.165) is 11.1 Å². The van der Waals surface area contributed by atoms with Crippen LogP contribution in [0.5, 0.6) is 0 Å². The number of sulfonamides is 2. The van der Waals surface area contributed by atoms with E-state index in [9.17, 15) is 26.4 Å². The second-order valence-corrected chi connectivity index (χ2v) is 13.1. The number of aromatic nitrogens is 4. The van der Waals surface area contributed by atoms with Gasteiger partial charge in [-0.3, -0.25) is 19.6 Å². The van der Waals surface area contributed by atoms with Crippen molar-refractivity contribution in [3.8, 4) is 0 Å². The van der Waals surface area contributed by atoms with Gasteiger partial charge in [-0.1, -0.05) is 24.3 Å². The van der Waals surface area contributed by atoms with Crippen LogP contribution in [0.3, 0.4) is 0 Å². The summed E-state index contributed by atoms with van der Waals surface area (Å²) in [7, 11) is -8.80. The SMILES string of the molecule is Cc1cnc(C(=O)NCCc2ccc(S(=O)(=O)NS(=O)(=O)c3ccc(CCNC(=O)c4cnc(C)cn4)cc3)cc2)cn1. The van der Waals surface area contributed by atoms with Gasteiger partial charge in [-0.2, -0.15) is 0 Å². The molecule has 0 aliphatic heterocycles. The van der Waals surface area contributed by atoms with Crippen molar-refractivity contribution in [1.82, 2.24) is 34.7 Å². The summed E-state index contributed by atoms with van der Waals surface area (Å²) in [5.41, 5.74) is 3.22. The van der Waals surface area contributed by atoms with Crippen molar-refractivity contribution in [1.29, 1.82) is 0 Å². The van der Waals surface area contributed by atoms with Crippen LogP contribution in [-0.2, 0) is 32.9 Å². The van der Waals surface area contributed by atoms with Crippen molar-refractivity contribution in [3.05, 3.63) is 107 Å². The third-order valence-electron chi connectivity index (χ3n) is 6.11. The smallest absolute Gasteiger partial charge is 0.271 e. The number of nitrogens with zero attached hydrogens (tertiary/aromatic N) is 4. The van der Waals surface area contributed by atoms with Crippen molar-refractivity contribution < 1.29 is 26.4 Å². The number of amides is 2. The number of carbonyl (C=O) groups is 2. The van der Waals surface area contributed by atoms with Crippen LogP contribution < -0.4 is 14.8 Å². The quantitative estimate of drug-likeness (QED) is 0.208. The van der Waals surface area contributed by atoms with E-state index in [1.165, 1.54) is 73.3 Å². The molecular weight excluding hydrogens is 594 g/mol. The Bertz CT molecular complexity index is 1660. The third-order valence-corrected chi connectivity index (χ3v) is 9.65. The fourth-order valence-electron chi connectivity index (χ4n) is 3.75. The first-order chi connectivity index (χ1) is 20.4. The summed E-state index contributed by atoms with van der Waals surface area (Å²) < 4.78 is 53.0. The molecular formula is C28H29N7O6S2. The Labute approximate surface area is 249 Å². The molecule has 0 unspecified atom stereocenters. The van der Waals surface area contributed by atoms with E-state index >= 15 is 0 Å². The Kier molecular flexibility index (Phi) is 9.90. The molecule has 2 aromatic carbocycles. The second-order valence-electron chi connectivity index (χ2n) is 9.48. The second kappa shape index (κ2) is 13.6. The fraction of sp³-hybridized carbons (Fsp3) is 0.214. The molecule has 0 fully saturated rings. The maximum Gasteiger partial charge on any atom is 0.271 e. The minimum Gasteiger partial charge on any atom is -0.350 e. The molecule has 0 aliphatic carbocycles. The Morgan fingerprint density at radius 2 is 0.953 bits per heavy atom. The van der Waals surface area contributed by atoms with Gasteiger partial charge in [0.05, 0.1) is 33.6 Å². The highest BCUT2D eigenvalue weighted by Crippen LogP contribution is 2.16. The van der Waals surface area contributed by atoms with Crippen LogP contribution in [-0.4, -0.2) is 61.7 Å². The lowest BCUT2D eigenvalue weighted by molar-refractivity contribution is 0.0940. The molecule has 0 atom stereocenters. The molecule has 0 saturated carbocycles. The lowest BCUT2D eigenvalue weighted by atomic mass is 10.1. The summed E-state index contributed by atoms with van der Waals surface area (Å²) in [5, 5.41) is 5.43. The van der Waals surface area contributed by atoms with Gasteiger partial charge in [0.25, 0.3) is 31.9 Å². The van der Waals surface area contributed by atoms with E-state index in [2.05, 4.69) is 30.6 Å². The van der Waals surface area contributed by atoms with Crippen LogP contribution in [0.1, 0.15) is 43.5 Å². The van der Waals surface area contributed by atoms with Crippen LogP contribution in [0.2, 0.25) is 0 Å². The third kappa shape index (κ3) is 8.70. The normalized spacial score (nSPS) is 11.6. The molecule has 43 heavy (non-hydrogen) atoms. The van der Waals surface area contributed by atoms with E-state index in [1.54, 1.807) is 18.0 Å². The molecule has 13 nitrogen and oxygen atoms in total. The largest absolute Gasteiger partial charge is 0.350 e. The number of benzene rings is 2. The van der Waals surface area contributed by atoms with Gasteiger partial charge in [0.1, 0.15) is 11.4 Å². The molecule has 3 N–H and O–H groups in total. The molecule has 0 saturated heterocycles. The van der Waals surface area contributed by atoms with Crippen molar-refractivity contribution in [2.75, 3.05) is 13.1 Å². The van der Waals surface area contributed by atoms with Gasteiger partial charge in [0.2, 0.25) is 0 Å². The van der Waals surface area contributed by atoms with Gasteiger partial charge in [-0.05, 0) is 62.1 Å². The highest BCUT2D eigenvalue weighted by atomic mass is 32.3. The summed E-state index contributed by atoms with van der Waals surface area (Å²) >= 11 is 0. The zero-order valence-corrected chi connectivity index (χ0v) is 24.9. The van der Waals surface area contributed by atoms with Crippen LogP contribution >= 0.6 is 0 Å². The molecule has 224 valence electrons. The van der Waals surface area contributed by atoms with Crippen LogP contribution in [0.15, 0.2) is 83.1 Å². The minimum absolute atomic E-state index is 0.187. The zero-order valence-electron chi connectivity index (χ0n) is 23.3. The average Bonchev–Trinajstić information content (AvgIpc) is 2.98. The van der Waals surface area contributed by atoms with Crippen LogP contribution in [0.25, 0.3) is 0 Å². The predicted molar refractivity (Wildman–Crippen MR) is 156 cm³/mol. The highest BCUT2D eigenvalue weighted by molar-refractivity contribution is 8.04. The summed E-state index contributed by atoms with van der Waals surface area (Å²) in [5.74, 6) is -0.760. The van der Waals surface area contributed by atoms with Crippen LogP contribution in [0.4, 0.5) is 0 Å². The molecule has 2 aromatic heterocycles. The topological polar surface area (TPSA) is 190 Å². The Morgan fingerprint density at radius 1 is 0.581 bits per heavy atom. The molecule has 0 aliphatic rings. The first-order valence-electron chi connectivity index (χ1n) is 13.0. The van der Waals surface area contributed by atoms with Gasteiger partial charge >= 0.3 is 0 Å². The number of hydrogen-bond donors (Lipinski definition) is 3. The molecule has 4 aromatic rings. The summed E-state index contributed by atoms with van der Waals surface area (Å²) in [4.78, 5) is 39.9. The highest BCUT2D eigenvalue weighted by Gasteiger charge is 2.24. The molecule has 0 radical (unpaired) electrons. The monoisotopic (exact) mass is 623 g/mol. The van der Waals surface area contributed by atoms with Gasteiger partial charge < -0.3 is 10.6 Å². The first-order valence-corrected chi connectivity index (χ1v) is 16.0. The fourth-order valence-corrected chi connectivity index (χ4v) is 6.67. The Balaban J connectivity index is 1.28. The van der Waals surface area contributed by atoms with Crippen molar-refractivity contribution >= 4 is 31.9 Å². The number of aryl methyl sites for hydroxylation is 2. The standard InChI is InChI=1S/C28H29N7O6S2/c1-19-15-33-25(17-31-19)27(36)29-13-11-21-3-7-23(8-4-21)42(38,39)35-43(40,41)24-9-5-22(6-10-24)12-14-30-28(37)26-18-32-20(2)16-34-26/h3-10,15-18,35H,11-14H2,1-2H3,(H,29,36)(H,30,37). The van der Waals surface area contributed by atoms with E-state index in [4.69, 9.17) is 0 Å². The molecule has 4 rings (SSSR count). The maximum atomic E-state index is 12.8. The van der Waals surface area contributed by atoms with Gasteiger partial charge in [0.15, 0.2) is 0 Å². The van der Waals surface area contributed by atoms with Crippen molar-refractivity contribution in [3.63, 3.8) is 0 Å². The Hall–Kier alpha value is -4.60. The lowest BCUT2D eigenvalue weighted by Crippen LogP contribution is -2.30. The number of nitrogens with one attached hydrogen (secondary N) is 3. The maximum absolute atomic E-state index is 12.8. The molecule has 2 heterocycles. The Morgan fingerprint density at radius 3 is 1.28 bits per heavy atom. The van der Waals surface area contributed by atoms with Crippen molar-refractivity contribution in [2.45, 2.75) is 36.5 Å². The summed E-state index contributed by atoms with van der Waals surface area (Å²) in [6.45, 7) is 4.07. The molecule has 0 bridgehead atoms. The van der Waals surface area contributed by atoms with E-state index in [0.29, 0.717) is 24.2 Å². The van der Waals surface area contributed by atoms with E-state index < -0.39 is 20.0 Å². The number of carbonyl (C=O) groups excluding carboxylic acids is 2. The van der Waals surface area contributed by atoms with Crippen LogP contribution in [0, 0.1) is 13.8 Å². The zero-order chi connectivity index (χ0) is 31.0. The minimum atomic E-state index is -4.40. The molecule has 15 heteroatoms. The van der Waals surface area contributed by atoms with Gasteiger partial charge in [-0.25, -0.2) is 26.8 Å². The van der Waals surface area contributed by atoms with Gasteiger partial charge in [0, 0.05) is 25.5 Å². The van der Waals surface area contributed by atoms with E-state index in [1.807, 2.05) is 0 Å². The summed E-state index contributed by atoms with van der Waals surface area (Å²) in [6, 6.07) is 11.3. The van der Waals surface area contributed by atoms with E-state index in [-0.39, 0.29) is 46.1 Å².